The van der Waals surface area contributed by atoms with Crippen molar-refractivity contribution in [1.82, 2.24) is 10.3 Å². The number of anilines is 2. The van der Waals surface area contributed by atoms with Gasteiger partial charge in [0.15, 0.2) is 5.13 Å². The molecule has 0 aliphatic heterocycles. The Bertz CT molecular complexity index is 2210. The summed E-state index contributed by atoms with van der Waals surface area (Å²) < 4.78 is 0. The lowest BCUT2D eigenvalue weighted by Crippen LogP contribution is -2.30. The average Bonchev–Trinajstić information content (AvgIpc) is 3.60. The van der Waals surface area contributed by atoms with Crippen LogP contribution in [0.1, 0.15) is 26.7 Å². The Hall–Kier alpha value is -4.90. The lowest BCUT2D eigenvalue weighted by Gasteiger charge is -2.17. The van der Waals surface area contributed by atoms with Crippen molar-refractivity contribution in [2.45, 2.75) is 10.1 Å². The number of rotatable bonds is 11. The molecule has 6 rings (SSSR count). The summed E-state index contributed by atoms with van der Waals surface area (Å²) in [6.45, 7) is 0. The molecule has 5 aromatic carbocycles. The third-order valence-corrected chi connectivity index (χ3v) is 10.3. The van der Waals surface area contributed by atoms with Gasteiger partial charge in [-0.25, -0.2) is 4.98 Å². The minimum Gasteiger partial charge on any atom is -0.321 e. The van der Waals surface area contributed by atoms with E-state index in [2.05, 4.69) is 20.9 Å². The number of aromatic nitrogens is 1. The largest absolute Gasteiger partial charge is 0.321 e. The highest BCUT2D eigenvalue weighted by Crippen LogP contribution is 2.38. The number of halogens is 3. The lowest BCUT2D eigenvalue weighted by atomic mass is 10.1. The number of carbonyl (C=O) groups excluding carboxylic acids is 3. The first-order valence-electron chi connectivity index (χ1n) is 15.4. The number of hydrogen-bond donors (Lipinski definition) is 3. The number of nitrogens with one attached hydrogen (secondary N) is 3. The summed E-state index contributed by atoms with van der Waals surface area (Å²) in [5, 5.41) is 11.5. The van der Waals surface area contributed by atoms with Gasteiger partial charge in [-0.1, -0.05) is 108 Å². The lowest BCUT2D eigenvalue weighted by molar-refractivity contribution is -0.116. The van der Waals surface area contributed by atoms with Gasteiger partial charge in [-0.15, -0.1) is 23.1 Å². The van der Waals surface area contributed by atoms with E-state index in [0.29, 0.717) is 42.7 Å². The molecule has 0 aliphatic rings. The van der Waals surface area contributed by atoms with Gasteiger partial charge in [-0.3, -0.25) is 14.4 Å². The Labute approximate surface area is 317 Å². The Morgan fingerprint density at radius 2 is 1.43 bits per heavy atom. The van der Waals surface area contributed by atoms with Crippen molar-refractivity contribution in [1.29, 1.82) is 0 Å². The van der Waals surface area contributed by atoms with Crippen LogP contribution >= 0.6 is 57.9 Å². The van der Waals surface area contributed by atoms with E-state index in [1.54, 1.807) is 66.7 Å². The maximum Gasteiger partial charge on any atom is 0.272 e. The first-order valence-corrected chi connectivity index (χ1v) is 18.3. The molecule has 0 saturated heterocycles. The highest BCUT2D eigenvalue weighted by molar-refractivity contribution is 8.00. The number of hydrogen-bond acceptors (Lipinski definition) is 6. The molecule has 0 radical (unpaired) electrons. The predicted octanol–water partition coefficient (Wildman–Crippen LogP) is 10.7. The summed E-state index contributed by atoms with van der Waals surface area (Å²) in [4.78, 5) is 45.7. The summed E-state index contributed by atoms with van der Waals surface area (Å²) in [6, 6.07) is 37.3. The van der Waals surface area contributed by atoms with Crippen molar-refractivity contribution < 1.29 is 14.4 Å². The van der Waals surface area contributed by atoms with Crippen LogP contribution in [-0.4, -0.2) is 22.7 Å². The van der Waals surface area contributed by atoms with Gasteiger partial charge in [0.1, 0.15) is 10.9 Å². The predicted molar refractivity (Wildman–Crippen MR) is 210 cm³/mol. The quantitative estimate of drug-likeness (QED) is 0.0900. The van der Waals surface area contributed by atoms with Gasteiger partial charge >= 0.3 is 0 Å². The molecular weight excluding hydrogens is 743 g/mol. The first kappa shape index (κ1) is 35.9. The summed E-state index contributed by atoms with van der Waals surface area (Å²) in [6.07, 6.45) is 1.49. The fraction of sp³-hybridized carbons (Fsp3) is 0.0256. The molecule has 1 unspecified atom stereocenters. The highest BCUT2D eigenvalue weighted by atomic mass is 35.5. The third kappa shape index (κ3) is 9.46. The van der Waals surface area contributed by atoms with Gasteiger partial charge < -0.3 is 16.0 Å². The molecule has 51 heavy (non-hydrogen) atoms. The molecule has 1 heterocycles. The van der Waals surface area contributed by atoms with Gasteiger partial charge in [0.25, 0.3) is 11.8 Å². The van der Waals surface area contributed by atoms with Crippen molar-refractivity contribution in [3.05, 3.63) is 170 Å². The van der Waals surface area contributed by atoms with Crippen LogP contribution in [0.2, 0.25) is 15.1 Å². The number of nitrogens with zero attached hydrogens (tertiary/aromatic N) is 1. The minimum absolute atomic E-state index is 0.0211. The van der Waals surface area contributed by atoms with Crippen molar-refractivity contribution in [2.75, 3.05) is 10.6 Å². The molecule has 0 fully saturated rings. The van der Waals surface area contributed by atoms with E-state index in [0.717, 1.165) is 16.0 Å². The molecule has 0 bridgehead atoms. The van der Waals surface area contributed by atoms with Gasteiger partial charge in [-0.05, 0) is 71.8 Å². The fourth-order valence-corrected chi connectivity index (χ4v) is 7.30. The van der Waals surface area contributed by atoms with Crippen molar-refractivity contribution in [3.8, 4) is 11.3 Å². The Kier molecular flexibility index (Phi) is 11.9. The van der Waals surface area contributed by atoms with Crippen LogP contribution in [-0.2, 0) is 9.59 Å². The van der Waals surface area contributed by atoms with Gasteiger partial charge in [0.2, 0.25) is 5.91 Å². The monoisotopic (exact) mass is 768 g/mol. The SMILES string of the molecule is O=C(Nc1ccc(SC(C(=O)Nc2nc(-c3ccccc3Cl)cs2)c2ccccc2)cc1)/C(=C/c1ccc(Cl)cc1Cl)NC(=O)c1ccccc1. The van der Waals surface area contributed by atoms with Crippen molar-refractivity contribution >= 4 is 92.5 Å². The second kappa shape index (κ2) is 16.9. The fourth-order valence-electron chi connectivity index (χ4n) is 4.86. The summed E-state index contributed by atoms with van der Waals surface area (Å²) in [5.41, 5.74) is 3.60. The smallest absolute Gasteiger partial charge is 0.272 e. The molecule has 1 aromatic heterocycles. The zero-order chi connectivity index (χ0) is 35.7. The van der Waals surface area contributed by atoms with Gasteiger partial charge in [-0.2, -0.15) is 0 Å². The van der Waals surface area contributed by atoms with Crippen LogP contribution in [0.5, 0.6) is 0 Å². The maximum atomic E-state index is 13.7. The topological polar surface area (TPSA) is 100 Å². The molecule has 0 aliphatic carbocycles. The number of benzene rings is 5. The van der Waals surface area contributed by atoms with E-state index < -0.39 is 17.1 Å². The number of carbonyl (C=O) groups is 3. The molecule has 0 saturated carbocycles. The first-order chi connectivity index (χ1) is 24.7. The molecule has 1 atom stereocenters. The van der Waals surface area contributed by atoms with Crippen LogP contribution in [0, 0.1) is 0 Å². The zero-order valence-electron chi connectivity index (χ0n) is 26.5. The summed E-state index contributed by atoms with van der Waals surface area (Å²) >= 11 is 21.5. The number of thiazole rings is 1. The average molecular weight is 770 g/mol. The molecule has 12 heteroatoms. The molecule has 0 spiro atoms. The zero-order valence-corrected chi connectivity index (χ0v) is 30.4. The van der Waals surface area contributed by atoms with Crippen LogP contribution < -0.4 is 16.0 Å². The van der Waals surface area contributed by atoms with Crippen LogP contribution in [0.25, 0.3) is 17.3 Å². The van der Waals surface area contributed by atoms with E-state index in [1.807, 2.05) is 66.0 Å². The number of amides is 3. The summed E-state index contributed by atoms with van der Waals surface area (Å²) in [7, 11) is 0. The second-order valence-electron chi connectivity index (χ2n) is 10.9. The second-order valence-corrected chi connectivity index (χ2v) is 14.2. The molecule has 7 nitrogen and oxygen atoms in total. The molecule has 254 valence electrons. The van der Waals surface area contributed by atoms with Crippen LogP contribution in [0.4, 0.5) is 10.8 Å². The van der Waals surface area contributed by atoms with Crippen LogP contribution in [0.3, 0.4) is 0 Å². The van der Waals surface area contributed by atoms with Gasteiger partial charge in [0.05, 0.1) is 5.69 Å². The Balaban J connectivity index is 1.18. The summed E-state index contributed by atoms with van der Waals surface area (Å²) in [5.74, 6) is -1.27. The maximum absolute atomic E-state index is 13.7. The Morgan fingerprint density at radius 3 is 2.14 bits per heavy atom. The van der Waals surface area contributed by atoms with Crippen molar-refractivity contribution in [2.24, 2.45) is 0 Å². The highest BCUT2D eigenvalue weighted by Gasteiger charge is 2.24. The molecule has 3 amide bonds. The van der Waals surface area contributed by atoms with Crippen LogP contribution in [0.15, 0.2) is 143 Å². The number of thioether (sulfide) groups is 1. The third-order valence-electron chi connectivity index (χ3n) is 7.38. The molecule has 3 N–H and O–H groups in total. The standard InChI is InChI=1S/C39H27Cl3N4O3S2/c40-27-16-15-26(32(42)22-27)21-33(44-36(47)25-11-5-2-6-12-25)37(48)43-28-17-19-29(20-18-28)51-35(24-9-3-1-4-10-24)38(49)46-39-45-34(23-50-39)30-13-7-8-14-31(30)41/h1-23,35H,(H,43,48)(H,44,47)(H,45,46,49)/b33-21-. The normalized spacial score (nSPS) is 11.8. The minimum atomic E-state index is -0.605. The van der Waals surface area contributed by atoms with E-state index in [-0.39, 0.29) is 11.6 Å². The Morgan fingerprint density at radius 1 is 0.745 bits per heavy atom. The van der Waals surface area contributed by atoms with E-state index in [4.69, 9.17) is 34.8 Å². The van der Waals surface area contributed by atoms with E-state index >= 15 is 0 Å². The molecular formula is C39H27Cl3N4O3S2. The van der Waals surface area contributed by atoms with E-state index in [1.165, 1.54) is 29.2 Å². The van der Waals surface area contributed by atoms with E-state index in [9.17, 15) is 14.4 Å². The van der Waals surface area contributed by atoms with Crippen molar-refractivity contribution in [3.63, 3.8) is 0 Å². The van der Waals surface area contributed by atoms with Gasteiger partial charge in [0, 0.05) is 42.2 Å². The molecule has 6 aromatic rings.